The van der Waals surface area contributed by atoms with Crippen LogP contribution in [0.5, 0.6) is 34.5 Å². The molecule has 2 fully saturated rings. The zero-order valence-corrected chi connectivity index (χ0v) is 40.5. The number of hydrogen-bond acceptors (Lipinski definition) is 15. The number of rotatable bonds is 9. The molecular formula is C42H56F2N2Na2O14S2. The fraction of sp³-hybridized carbons (Fsp3) is 0.429. The minimum atomic E-state index is -3.72. The molecule has 16 nitrogen and oxygen atoms in total. The minimum absolute atomic E-state index is 0. The summed E-state index contributed by atoms with van der Waals surface area (Å²) >= 11 is 0. The Hall–Kier alpha value is -2.80. The van der Waals surface area contributed by atoms with Gasteiger partial charge in [-0.2, -0.15) is 8.42 Å². The molecule has 4 heterocycles. The van der Waals surface area contributed by atoms with Crippen LogP contribution in [0.3, 0.4) is 0 Å². The molecule has 2 saturated heterocycles. The number of fused-ring (bicyclic) bond motifs is 2. The van der Waals surface area contributed by atoms with Gasteiger partial charge in [0.1, 0.15) is 23.1 Å². The molecule has 0 amide bonds. The summed E-state index contributed by atoms with van der Waals surface area (Å²) in [5.74, 6) is 5.57. The Morgan fingerprint density at radius 1 is 0.641 bits per heavy atom. The summed E-state index contributed by atoms with van der Waals surface area (Å²) in [5.41, 5.74) is 2.36. The fourth-order valence-electron chi connectivity index (χ4n) is 6.83. The summed E-state index contributed by atoms with van der Waals surface area (Å²) in [4.78, 5) is 0. The van der Waals surface area contributed by atoms with Crippen LogP contribution in [0.25, 0.3) is 0 Å². The van der Waals surface area contributed by atoms with Crippen molar-refractivity contribution < 1.29 is 133 Å². The van der Waals surface area contributed by atoms with Crippen LogP contribution in [0.2, 0.25) is 0 Å². The Labute approximate surface area is 419 Å². The molecule has 8 rings (SSSR count). The van der Waals surface area contributed by atoms with Crippen LogP contribution in [0.1, 0.15) is 50.7 Å². The molecule has 22 heteroatoms. The Morgan fingerprint density at radius 3 is 1.30 bits per heavy atom. The van der Waals surface area contributed by atoms with Gasteiger partial charge in [-0.1, -0.05) is 39.1 Å². The van der Waals surface area contributed by atoms with Gasteiger partial charge in [0, 0.05) is 37.1 Å². The average Bonchev–Trinajstić information content (AvgIpc) is 3.89. The molecule has 4 aliphatic heterocycles. The van der Waals surface area contributed by atoms with E-state index in [1.54, 1.807) is 0 Å². The third-order valence-corrected chi connectivity index (χ3v) is 9.80. The third kappa shape index (κ3) is 20.8. The fourth-order valence-corrected chi connectivity index (χ4v) is 6.83. The van der Waals surface area contributed by atoms with E-state index in [4.69, 9.17) is 38.2 Å². The van der Waals surface area contributed by atoms with Gasteiger partial charge in [0.15, 0.2) is 23.0 Å². The Balaban J connectivity index is 0.000000948. The van der Waals surface area contributed by atoms with Crippen molar-refractivity contribution in [1.29, 1.82) is 0 Å². The number of hydrogen-bond donors (Lipinski definition) is 3. The van der Waals surface area contributed by atoms with E-state index in [2.05, 4.69) is 15.0 Å². The van der Waals surface area contributed by atoms with Gasteiger partial charge in [0.05, 0.1) is 25.7 Å². The molecule has 4 aromatic rings. The smallest absolute Gasteiger partial charge is 0.870 e. The van der Waals surface area contributed by atoms with Crippen molar-refractivity contribution in [3.05, 3.63) is 108 Å². The summed E-state index contributed by atoms with van der Waals surface area (Å²) in [6, 6.07) is 25.0. The zero-order valence-electron chi connectivity index (χ0n) is 34.8. The first kappa shape index (κ1) is 61.2. The quantitative estimate of drug-likeness (QED) is 0.0831. The maximum absolute atomic E-state index is 13.2. The molecule has 4 atom stereocenters. The molecule has 0 unspecified atom stereocenters. The van der Waals surface area contributed by atoms with Gasteiger partial charge in [-0.15, -0.1) is 0 Å². The van der Waals surface area contributed by atoms with Crippen LogP contribution in [0.15, 0.2) is 84.9 Å². The predicted molar refractivity (Wildman–Crippen MR) is 225 cm³/mol. The summed E-state index contributed by atoms with van der Waals surface area (Å²) in [7, 11) is -7.38. The van der Waals surface area contributed by atoms with E-state index in [1.165, 1.54) is 35.4 Å². The van der Waals surface area contributed by atoms with Crippen molar-refractivity contribution in [1.82, 2.24) is 10.6 Å². The first-order valence-electron chi connectivity index (χ1n) is 18.6. The second kappa shape index (κ2) is 29.8. The van der Waals surface area contributed by atoms with E-state index in [1.807, 2.05) is 60.7 Å². The van der Waals surface area contributed by atoms with Crippen molar-refractivity contribution in [2.75, 3.05) is 65.5 Å². The van der Waals surface area contributed by atoms with Crippen LogP contribution in [0, 0.1) is 23.5 Å². The minimum Gasteiger partial charge on any atom is -0.870 e. The van der Waals surface area contributed by atoms with Gasteiger partial charge in [0.2, 0.25) is 13.6 Å². The topological polar surface area (TPSA) is 230 Å². The number of ether oxygens (including phenoxy) is 6. The van der Waals surface area contributed by atoms with Gasteiger partial charge in [-0.25, -0.2) is 17.2 Å². The predicted octanol–water partition coefficient (Wildman–Crippen LogP) is -0.502. The molecular weight excluding hydrogens is 905 g/mol. The standard InChI is InChI=1S/2C19H20FNO3.CH4O4S.CH4O3S.2CH4.2Na.H2O/c2*20-15-3-1-13(2-4-15)17-7-8-21-10-14(17)11-22-16-5-6-18-19(9-16)24-12-23-18;1-6(3,4)5-2;1-5(2,3)4;;;;;/h2*1-6,9,14,17,21H,7-8,10-12H2;2H,1H3;1H3,(H,2,3,4);2*1H4;;;1H2/q;;;;;;2*+1;/p-2/t2*14-,17-;;;;;;;/m00......./s1. The van der Waals surface area contributed by atoms with E-state index in [0.717, 1.165) is 73.5 Å². The maximum atomic E-state index is 13.2. The zero-order chi connectivity index (χ0) is 42.4. The van der Waals surface area contributed by atoms with Crippen LogP contribution in [-0.4, -0.2) is 92.4 Å². The molecule has 346 valence electrons. The maximum Gasteiger partial charge on any atom is 1.00 e. The third-order valence-electron chi connectivity index (χ3n) is 9.55. The molecule has 0 spiro atoms. The SMILES string of the molecule is C.C.CS(=O)(=O)O.CS(=O)(=O)O[O-].Fc1ccc([C@@H]2CCNC[C@H]2COc2ccc3c(c2)OCO3)cc1.Fc1ccc([C@@H]2CCNC[C@H]2COc2ccc3c(c2)OCO3)cc1.[Na+].[Na+].[OH-]. The second-order valence-electron chi connectivity index (χ2n) is 14.0. The second-order valence-corrected chi connectivity index (χ2v) is 17.0. The molecule has 0 saturated carbocycles. The Kier molecular flexibility index (Phi) is 28.5. The van der Waals surface area contributed by atoms with Gasteiger partial charge in [0.25, 0.3) is 20.2 Å². The molecule has 0 aromatic heterocycles. The van der Waals surface area contributed by atoms with Crippen LogP contribution in [0.4, 0.5) is 8.78 Å². The Morgan fingerprint density at radius 2 is 0.969 bits per heavy atom. The van der Waals surface area contributed by atoms with E-state index in [9.17, 15) is 25.6 Å². The van der Waals surface area contributed by atoms with E-state index < -0.39 is 20.2 Å². The van der Waals surface area contributed by atoms with Gasteiger partial charge >= 0.3 is 59.1 Å². The summed E-state index contributed by atoms with van der Waals surface area (Å²) in [5, 5.41) is 15.7. The molecule has 0 bridgehead atoms. The van der Waals surface area contributed by atoms with Crippen LogP contribution >= 0.6 is 0 Å². The number of piperidine rings is 2. The first-order valence-corrected chi connectivity index (χ1v) is 22.2. The van der Waals surface area contributed by atoms with E-state index >= 15 is 0 Å². The van der Waals surface area contributed by atoms with Crippen molar-refractivity contribution in [2.45, 2.75) is 39.5 Å². The van der Waals surface area contributed by atoms with Crippen molar-refractivity contribution in [3.63, 3.8) is 0 Å². The average molecular weight is 961 g/mol. The van der Waals surface area contributed by atoms with Gasteiger partial charge in [-0.3, -0.25) is 4.55 Å². The first-order chi connectivity index (χ1) is 28.1. The number of halogens is 2. The Bertz CT molecular complexity index is 2050. The summed E-state index contributed by atoms with van der Waals surface area (Å²) in [6.45, 7) is 5.48. The van der Waals surface area contributed by atoms with Gasteiger partial charge in [-0.05, 0) is 97.4 Å². The largest absolute Gasteiger partial charge is 1.00 e. The van der Waals surface area contributed by atoms with Crippen molar-refractivity contribution in [3.8, 4) is 34.5 Å². The number of benzene rings is 4. The molecule has 4 aromatic carbocycles. The van der Waals surface area contributed by atoms with Crippen LogP contribution in [-0.2, 0) is 24.6 Å². The van der Waals surface area contributed by atoms with E-state index in [0.29, 0.717) is 49.4 Å². The van der Waals surface area contributed by atoms with E-state index in [-0.39, 0.29) is 105 Å². The molecule has 0 aliphatic carbocycles. The monoisotopic (exact) mass is 960 g/mol. The van der Waals surface area contributed by atoms with Crippen LogP contribution < -0.4 is 103 Å². The molecule has 64 heavy (non-hydrogen) atoms. The molecule has 4 N–H and O–H groups in total. The van der Waals surface area contributed by atoms with Crippen molar-refractivity contribution >= 4 is 20.2 Å². The normalized spacial score (nSPS) is 18.8. The summed E-state index contributed by atoms with van der Waals surface area (Å²) in [6.07, 6.45) is 3.45. The molecule has 0 radical (unpaired) electrons. The summed E-state index contributed by atoms with van der Waals surface area (Å²) < 4.78 is 107. The number of nitrogens with one attached hydrogen (secondary N) is 2. The van der Waals surface area contributed by atoms with Gasteiger partial charge < -0.3 is 54.1 Å². The van der Waals surface area contributed by atoms with Crippen molar-refractivity contribution in [2.24, 2.45) is 11.8 Å². The molecule has 4 aliphatic rings.